The SMILES string of the molecule is Cc1ccc([C@@H](NCC(=O)NCCc2ccc(F)cc2)c2cccs2)cc1. The molecule has 2 N–H and O–H groups in total. The predicted molar refractivity (Wildman–Crippen MR) is 108 cm³/mol. The van der Waals surface area contributed by atoms with E-state index in [9.17, 15) is 9.18 Å². The topological polar surface area (TPSA) is 41.1 Å². The van der Waals surface area contributed by atoms with Crippen LogP contribution in [0.3, 0.4) is 0 Å². The Morgan fingerprint density at radius 2 is 1.81 bits per heavy atom. The van der Waals surface area contributed by atoms with Gasteiger partial charge < -0.3 is 5.32 Å². The van der Waals surface area contributed by atoms with Crippen LogP contribution in [0, 0.1) is 12.7 Å². The smallest absolute Gasteiger partial charge is 0.233 e. The molecule has 0 saturated heterocycles. The average Bonchev–Trinajstić information content (AvgIpc) is 3.19. The van der Waals surface area contributed by atoms with Crippen molar-refractivity contribution < 1.29 is 9.18 Å². The predicted octanol–water partition coefficient (Wildman–Crippen LogP) is 4.23. The maximum absolute atomic E-state index is 12.9. The number of rotatable bonds is 8. The molecule has 0 aliphatic rings. The highest BCUT2D eigenvalue weighted by atomic mass is 32.1. The maximum atomic E-state index is 12.9. The third kappa shape index (κ3) is 5.74. The van der Waals surface area contributed by atoms with Gasteiger partial charge in [0.15, 0.2) is 0 Å². The Labute approximate surface area is 163 Å². The second-order valence-electron chi connectivity index (χ2n) is 6.47. The molecule has 0 radical (unpaired) electrons. The largest absolute Gasteiger partial charge is 0.355 e. The molecule has 3 aromatic rings. The molecule has 1 aromatic heterocycles. The van der Waals surface area contributed by atoms with Crippen LogP contribution in [0.2, 0.25) is 0 Å². The van der Waals surface area contributed by atoms with Crippen LogP contribution in [0.5, 0.6) is 0 Å². The number of aryl methyl sites for hydroxylation is 1. The molecule has 0 fully saturated rings. The first kappa shape index (κ1) is 19.3. The molecular weight excluding hydrogens is 359 g/mol. The monoisotopic (exact) mass is 382 g/mol. The second-order valence-corrected chi connectivity index (χ2v) is 7.45. The van der Waals surface area contributed by atoms with E-state index in [1.165, 1.54) is 22.6 Å². The molecule has 0 aliphatic heterocycles. The van der Waals surface area contributed by atoms with Gasteiger partial charge in [0.1, 0.15) is 5.82 Å². The molecule has 140 valence electrons. The van der Waals surface area contributed by atoms with E-state index >= 15 is 0 Å². The number of hydrogen-bond acceptors (Lipinski definition) is 3. The van der Waals surface area contributed by atoms with E-state index in [0.29, 0.717) is 13.0 Å². The first-order chi connectivity index (χ1) is 13.1. The summed E-state index contributed by atoms with van der Waals surface area (Å²) in [7, 11) is 0. The second kappa shape index (κ2) is 9.44. The Kier molecular flexibility index (Phi) is 6.74. The lowest BCUT2D eigenvalue weighted by Crippen LogP contribution is -2.36. The summed E-state index contributed by atoms with van der Waals surface area (Å²) in [5, 5.41) is 8.32. The van der Waals surface area contributed by atoms with Gasteiger partial charge in [-0.1, -0.05) is 48.0 Å². The highest BCUT2D eigenvalue weighted by molar-refractivity contribution is 7.10. The van der Waals surface area contributed by atoms with Crippen molar-refractivity contribution in [3.8, 4) is 0 Å². The lowest BCUT2D eigenvalue weighted by atomic mass is 10.0. The average molecular weight is 383 g/mol. The standard InChI is InChI=1S/C22H23FN2OS/c1-16-4-8-18(9-5-16)22(20-3-2-14-27-20)25-15-21(26)24-13-12-17-6-10-19(23)11-7-17/h2-11,14,22,25H,12-13,15H2,1H3,(H,24,26)/t22-/m1/s1. The van der Waals surface area contributed by atoms with E-state index in [2.05, 4.69) is 47.9 Å². The Hall–Kier alpha value is -2.50. The lowest BCUT2D eigenvalue weighted by molar-refractivity contribution is -0.120. The summed E-state index contributed by atoms with van der Waals surface area (Å²) in [4.78, 5) is 13.4. The van der Waals surface area contributed by atoms with E-state index in [1.54, 1.807) is 23.5 Å². The van der Waals surface area contributed by atoms with E-state index in [1.807, 2.05) is 11.4 Å². The minimum absolute atomic E-state index is 0.00607. The van der Waals surface area contributed by atoms with Gasteiger partial charge in [-0.05, 0) is 48.1 Å². The highest BCUT2D eigenvalue weighted by Gasteiger charge is 2.16. The summed E-state index contributed by atoms with van der Waals surface area (Å²) in [5.74, 6) is -0.298. The zero-order chi connectivity index (χ0) is 19.1. The number of carbonyl (C=O) groups is 1. The minimum Gasteiger partial charge on any atom is -0.355 e. The molecule has 1 amide bonds. The van der Waals surface area contributed by atoms with Crippen molar-refractivity contribution in [2.75, 3.05) is 13.1 Å². The van der Waals surface area contributed by atoms with Gasteiger partial charge in [-0.25, -0.2) is 4.39 Å². The van der Waals surface area contributed by atoms with Crippen LogP contribution < -0.4 is 10.6 Å². The maximum Gasteiger partial charge on any atom is 0.233 e. The van der Waals surface area contributed by atoms with E-state index in [0.717, 1.165) is 11.1 Å². The van der Waals surface area contributed by atoms with Gasteiger partial charge in [-0.15, -0.1) is 11.3 Å². The zero-order valence-electron chi connectivity index (χ0n) is 15.2. The lowest BCUT2D eigenvalue weighted by Gasteiger charge is -2.18. The fourth-order valence-electron chi connectivity index (χ4n) is 2.85. The Bertz CT molecular complexity index is 845. The van der Waals surface area contributed by atoms with Crippen LogP contribution in [0.25, 0.3) is 0 Å². The Morgan fingerprint density at radius 1 is 1.07 bits per heavy atom. The van der Waals surface area contributed by atoms with Crippen molar-refractivity contribution in [2.24, 2.45) is 0 Å². The van der Waals surface area contributed by atoms with E-state index < -0.39 is 0 Å². The normalized spacial score (nSPS) is 11.9. The van der Waals surface area contributed by atoms with Crippen molar-refractivity contribution in [2.45, 2.75) is 19.4 Å². The summed E-state index contributed by atoms with van der Waals surface area (Å²) < 4.78 is 12.9. The van der Waals surface area contributed by atoms with Crippen LogP contribution >= 0.6 is 11.3 Å². The first-order valence-electron chi connectivity index (χ1n) is 8.96. The summed E-state index contributed by atoms with van der Waals surface area (Å²) in [5.41, 5.74) is 3.35. The van der Waals surface area contributed by atoms with Gasteiger partial charge in [0, 0.05) is 11.4 Å². The van der Waals surface area contributed by atoms with Crippen molar-refractivity contribution in [1.29, 1.82) is 0 Å². The Balaban J connectivity index is 1.53. The quantitative estimate of drug-likeness (QED) is 0.612. The number of carbonyl (C=O) groups excluding carboxylic acids is 1. The van der Waals surface area contributed by atoms with Gasteiger partial charge in [-0.2, -0.15) is 0 Å². The third-order valence-electron chi connectivity index (χ3n) is 4.35. The molecule has 27 heavy (non-hydrogen) atoms. The zero-order valence-corrected chi connectivity index (χ0v) is 16.1. The number of amides is 1. The molecule has 0 bridgehead atoms. The molecule has 2 aromatic carbocycles. The molecule has 3 nitrogen and oxygen atoms in total. The first-order valence-corrected chi connectivity index (χ1v) is 9.84. The van der Waals surface area contributed by atoms with Crippen LogP contribution in [-0.2, 0) is 11.2 Å². The summed E-state index contributed by atoms with van der Waals surface area (Å²) >= 11 is 1.67. The molecule has 0 saturated carbocycles. The molecule has 3 rings (SSSR count). The van der Waals surface area contributed by atoms with Gasteiger partial charge in [0.05, 0.1) is 12.6 Å². The van der Waals surface area contributed by atoms with Crippen molar-refractivity contribution in [3.05, 3.63) is 93.4 Å². The van der Waals surface area contributed by atoms with E-state index in [4.69, 9.17) is 0 Å². The van der Waals surface area contributed by atoms with Gasteiger partial charge in [-0.3, -0.25) is 10.1 Å². The molecule has 0 aliphatic carbocycles. The van der Waals surface area contributed by atoms with Crippen LogP contribution in [0.1, 0.15) is 27.6 Å². The van der Waals surface area contributed by atoms with E-state index in [-0.39, 0.29) is 24.3 Å². The fourth-order valence-corrected chi connectivity index (χ4v) is 3.68. The van der Waals surface area contributed by atoms with Gasteiger partial charge >= 0.3 is 0 Å². The Morgan fingerprint density at radius 3 is 2.48 bits per heavy atom. The number of hydrogen-bond donors (Lipinski definition) is 2. The van der Waals surface area contributed by atoms with Gasteiger partial charge in [0.2, 0.25) is 5.91 Å². The third-order valence-corrected chi connectivity index (χ3v) is 5.29. The molecule has 0 unspecified atom stereocenters. The molecule has 5 heteroatoms. The molecule has 1 atom stereocenters. The summed E-state index contributed by atoms with van der Waals surface area (Å²) in [6.07, 6.45) is 0.679. The molecular formula is C22H23FN2OS. The molecule has 1 heterocycles. The van der Waals surface area contributed by atoms with Crippen LogP contribution in [-0.4, -0.2) is 19.0 Å². The summed E-state index contributed by atoms with van der Waals surface area (Å²) in [6.45, 7) is 2.83. The van der Waals surface area contributed by atoms with Crippen LogP contribution in [0.4, 0.5) is 4.39 Å². The molecule has 0 spiro atoms. The highest BCUT2D eigenvalue weighted by Crippen LogP contribution is 2.26. The number of halogens is 1. The van der Waals surface area contributed by atoms with Crippen LogP contribution in [0.15, 0.2) is 66.0 Å². The van der Waals surface area contributed by atoms with Gasteiger partial charge in [0.25, 0.3) is 0 Å². The number of benzene rings is 2. The number of nitrogens with one attached hydrogen (secondary N) is 2. The fraction of sp³-hybridized carbons (Fsp3) is 0.227. The number of thiophene rings is 1. The summed E-state index contributed by atoms with van der Waals surface area (Å²) in [6, 6.07) is 18.8. The van der Waals surface area contributed by atoms with Crippen molar-refractivity contribution in [3.63, 3.8) is 0 Å². The minimum atomic E-state index is -0.247. The van der Waals surface area contributed by atoms with Crippen molar-refractivity contribution >= 4 is 17.2 Å². The van der Waals surface area contributed by atoms with Crippen molar-refractivity contribution in [1.82, 2.24) is 10.6 Å².